The maximum atomic E-state index is 12.2. The third-order valence-electron chi connectivity index (χ3n) is 3.68. The molecule has 1 saturated carbocycles. The van der Waals surface area contributed by atoms with Crippen molar-refractivity contribution in [2.75, 3.05) is 11.1 Å². The molecule has 0 spiro atoms. The molecule has 0 radical (unpaired) electrons. The van der Waals surface area contributed by atoms with Crippen molar-refractivity contribution in [2.45, 2.75) is 44.9 Å². The molecule has 1 aliphatic carbocycles. The molecule has 5 heteroatoms. The highest BCUT2D eigenvalue weighted by Crippen LogP contribution is 2.24. The zero-order valence-corrected chi connectivity index (χ0v) is 11.0. The number of aryl methyl sites for hydroxylation is 1. The minimum atomic E-state index is 0.0900. The van der Waals surface area contributed by atoms with Crippen LogP contribution in [0, 0.1) is 5.92 Å². The summed E-state index contributed by atoms with van der Waals surface area (Å²) in [5.74, 6) is 0.828. The molecular formula is C13H22N4O. The molecule has 0 bridgehead atoms. The van der Waals surface area contributed by atoms with Crippen LogP contribution in [0.2, 0.25) is 0 Å². The summed E-state index contributed by atoms with van der Waals surface area (Å²) in [4.78, 5) is 12.2. The fourth-order valence-electron chi connectivity index (χ4n) is 2.54. The van der Waals surface area contributed by atoms with Gasteiger partial charge < -0.3 is 11.1 Å². The molecule has 1 aliphatic rings. The Hall–Kier alpha value is -1.52. The van der Waals surface area contributed by atoms with E-state index >= 15 is 0 Å². The minimum Gasteiger partial charge on any atom is -0.394 e. The van der Waals surface area contributed by atoms with E-state index in [4.69, 9.17) is 5.73 Å². The van der Waals surface area contributed by atoms with E-state index in [1.807, 2.05) is 0 Å². The van der Waals surface area contributed by atoms with Gasteiger partial charge in [-0.3, -0.25) is 9.48 Å². The number of hydrogen-bond acceptors (Lipinski definition) is 3. The van der Waals surface area contributed by atoms with E-state index in [-0.39, 0.29) is 11.8 Å². The van der Waals surface area contributed by atoms with E-state index in [1.54, 1.807) is 17.9 Å². The van der Waals surface area contributed by atoms with Gasteiger partial charge in [0.15, 0.2) is 5.82 Å². The smallest absolute Gasteiger partial charge is 0.228 e. The first-order valence-electron chi connectivity index (χ1n) is 6.77. The molecule has 0 saturated heterocycles. The Morgan fingerprint density at radius 2 is 1.94 bits per heavy atom. The van der Waals surface area contributed by atoms with Gasteiger partial charge in [0, 0.05) is 13.0 Å². The predicted molar refractivity (Wildman–Crippen MR) is 72.1 cm³/mol. The number of hydrogen-bond donors (Lipinski definition) is 2. The molecule has 1 aromatic rings. The molecule has 100 valence electrons. The van der Waals surface area contributed by atoms with Gasteiger partial charge in [0.2, 0.25) is 5.91 Å². The largest absolute Gasteiger partial charge is 0.394 e. The lowest BCUT2D eigenvalue weighted by atomic mass is 9.90. The number of carbonyl (C=O) groups is 1. The Morgan fingerprint density at radius 1 is 1.33 bits per heavy atom. The lowest BCUT2D eigenvalue weighted by Gasteiger charge is -2.19. The van der Waals surface area contributed by atoms with Crippen LogP contribution in [-0.4, -0.2) is 15.7 Å². The first-order chi connectivity index (χ1) is 8.68. The normalized spacial score (nSPS) is 18.1. The van der Waals surface area contributed by atoms with Crippen molar-refractivity contribution >= 4 is 17.4 Å². The quantitative estimate of drug-likeness (QED) is 0.846. The first kappa shape index (κ1) is 12.9. The van der Waals surface area contributed by atoms with Gasteiger partial charge in [-0.1, -0.05) is 32.1 Å². The van der Waals surface area contributed by atoms with E-state index in [0.29, 0.717) is 11.5 Å². The second-order valence-electron chi connectivity index (χ2n) is 5.10. The Labute approximate surface area is 108 Å². The zero-order chi connectivity index (χ0) is 13.0. The van der Waals surface area contributed by atoms with Crippen molar-refractivity contribution in [3.63, 3.8) is 0 Å². The number of nitrogens with zero attached hydrogens (tertiary/aromatic N) is 2. The molecule has 3 N–H and O–H groups in total. The first-order valence-corrected chi connectivity index (χ1v) is 6.77. The molecular weight excluding hydrogens is 228 g/mol. The molecule has 1 amide bonds. The van der Waals surface area contributed by atoms with Crippen molar-refractivity contribution in [1.82, 2.24) is 9.78 Å². The van der Waals surface area contributed by atoms with Crippen LogP contribution < -0.4 is 11.1 Å². The molecule has 2 rings (SSSR count). The van der Waals surface area contributed by atoms with Gasteiger partial charge in [0.25, 0.3) is 0 Å². The van der Waals surface area contributed by atoms with Crippen LogP contribution >= 0.6 is 0 Å². The Morgan fingerprint density at radius 3 is 2.50 bits per heavy atom. The molecule has 5 nitrogen and oxygen atoms in total. The van der Waals surface area contributed by atoms with Gasteiger partial charge in [-0.2, -0.15) is 5.10 Å². The number of nitrogens with two attached hydrogens (primary N) is 1. The van der Waals surface area contributed by atoms with Gasteiger partial charge >= 0.3 is 0 Å². The van der Waals surface area contributed by atoms with Crippen LogP contribution in [0.25, 0.3) is 0 Å². The Balaban J connectivity index is 1.98. The monoisotopic (exact) mass is 250 g/mol. The highest BCUT2D eigenvalue weighted by molar-refractivity contribution is 5.94. The molecule has 1 aromatic heterocycles. The number of carbonyl (C=O) groups excluding carboxylic acids is 1. The lowest BCUT2D eigenvalue weighted by molar-refractivity contribution is -0.120. The average Bonchev–Trinajstić information content (AvgIpc) is 2.60. The maximum Gasteiger partial charge on any atom is 0.228 e. The molecule has 1 heterocycles. The van der Waals surface area contributed by atoms with E-state index in [2.05, 4.69) is 10.4 Å². The third kappa shape index (κ3) is 3.03. The second-order valence-corrected chi connectivity index (χ2v) is 5.10. The van der Waals surface area contributed by atoms with Crippen molar-refractivity contribution in [3.05, 3.63) is 6.20 Å². The number of anilines is 2. The molecule has 1 fully saturated rings. The van der Waals surface area contributed by atoms with Crippen molar-refractivity contribution < 1.29 is 4.79 Å². The van der Waals surface area contributed by atoms with E-state index < -0.39 is 0 Å². The van der Waals surface area contributed by atoms with Crippen molar-refractivity contribution in [3.8, 4) is 0 Å². The summed E-state index contributed by atoms with van der Waals surface area (Å²) in [5.41, 5.74) is 6.30. The fraction of sp³-hybridized carbons (Fsp3) is 0.692. The van der Waals surface area contributed by atoms with Gasteiger partial charge in [-0.25, -0.2) is 0 Å². The third-order valence-corrected chi connectivity index (χ3v) is 3.68. The maximum absolute atomic E-state index is 12.2. The second kappa shape index (κ2) is 5.89. The summed E-state index contributed by atoms with van der Waals surface area (Å²) >= 11 is 0. The number of nitrogen functional groups attached to an aromatic ring is 1. The standard InChI is InChI=1S/C13H22N4O/c1-17-12(11(14)9-15-17)16-13(18)10-7-5-3-2-4-6-8-10/h9-10H,2-8,14H2,1H3,(H,16,18). The summed E-state index contributed by atoms with van der Waals surface area (Å²) in [5, 5.41) is 6.94. The predicted octanol–water partition coefficient (Wildman–Crippen LogP) is 2.30. The Bertz CT molecular complexity index is 386. The highest BCUT2D eigenvalue weighted by atomic mass is 16.2. The van der Waals surface area contributed by atoms with Gasteiger partial charge in [-0.05, 0) is 12.8 Å². The van der Waals surface area contributed by atoms with E-state index in [0.717, 1.165) is 25.7 Å². The Kier molecular flexibility index (Phi) is 4.23. The number of aromatic nitrogens is 2. The van der Waals surface area contributed by atoms with Crippen LogP contribution in [0.5, 0.6) is 0 Å². The number of rotatable bonds is 2. The lowest BCUT2D eigenvalue weighted by Crippen LogP contribution is -2.25. The topological polar surface area (TPSA) is 72.9 Å². The summed E-state index contributed by atoms with van der Waals surface area (Å²) in [6, 6.07) is 0. The zero-order valence-electron chi connectivity index (χ0n) is 11.0. The van der Waals surface area contributed by atoms with Crippen molar-refractivity contribution in [2.24, 2.45) is 13.0 Å². The molecule has 0 unspecified atom stereocenters. The van der Waals surface area contributed by atoms with Crippen LogP contribution in [-0.2, 0) is 11.8 Å². The molecule has 0 aliphatic heterocycles. The average molecular weight is 250 g/mol. The van der Waals surface area contributed by atoms with Gasteiger partial charge in [0.1, 0.15) is 0 Å². The molecule has 18 heavy (non-hydrogen) atoms. The summed E-state index contributed by atoms with van der Waals surface area (Å²) < 4.78 is 1.61. The molecule has 0 atom stereocenters. The van der Waals surface area contributed by atoms with Gasteiger partial charge in [0.05, 0.1) is 11.9 Å². The van der Waals surface area contributed by atoms with Gasteiger partial charge in [-0.15, -0.1) is 0 Å². The van der Waals surface area contributed by atoms with Crippen LogP contribution in [0.4, 0.5) is 11.5 Å². The van der Waals surface area contributed by atoms with Crippen LogP contribution in [0.1, 0.15) is 44.9 Å². The van der Waals surface area contributed by atoms with Crippen molar-refractivity contribution in [1.29, 1.82) is 0 Å². The summed E-state index contributed by atoms with van der Waals surface area (Å²) in [7, 11) is 1.78. The summed E-state index contributed by atoms with van der Waals surface area (Å²) in [6.45, 7) is 0. The van der Waals surface area contributed by atoms with Crippen LogP contribution in [0.3, 0.4) is 0 Å². The van der Waals surface area contributed by atoms with Crippen LogP contribution in [0.15, 0.2) is 6.20 Å². The summed E-state index contributed by atoms with van der Waals surface area (Å²) in [6.07, 6.45) is 9.65. The molecule has 0 aromatic carbocycles. The van der Waals surface area contributed by atoms with E-state index in [9.17, 15) is 4.79 Å². The number of amides is 1. The highest BCUT2D eigenvalue weighted by Gasteiger charge is 2.21. The van der Waals surface area contributed by atoms with E-state index in [1.165, 1.54) is 19.3 Å². The minimum absolute atomic E-state index is 0.0900. The fourth-order valence-corrected chi connectivity index (χ4v) is 2.54. The number of nitrogens with one attached hydrogen (secondary N) is 1. The SMILES string of the molecule is Cn1ncc(N)c1NC(=O)C1CCCCCCC1.